The van der Waals surface area contributed by atoms with Gasteiger partial charge >= 0.3 is 6.18 Å². The Kier molecular flexibility index (Phi) is 2.69. The molecule has 0 saturated heterocycles. The molecule has 0 unspecified atom stereocenters. The van der Waals surface area contributed by atoms with Gasteiger partial charge in [-0.3, -0.25) is 0 Å². The number of rotatable bonds is 1. The van der Waals surface area contributed by atoms with Crippen LogP contribution in [0.25, 0.3) is 0 Å². The molecule has 0 fully saturated rings. The molecule has 0 saturated carbocycles. The molecule has 0 atom stereocenters. The zero-order valence-electron chi connectivity index (χ0n) is 9.85. The average molecular weight is 290 g/mol. The second-order valence-corrected chi connectivity index (χ2v) is 5.27. The van der Waals surface area contributed by atoms with Crippen LogP contribution in [0.3, 0.4) is 0 Å². The van der Waals surface area contributed by atoms with Crippen molar-refractivity contribution in [3.63, 3.8) is 0 Å². The predicted octanol–water partition coefficient (Wildman–Crippen LogP) is 1.48. The van der Waals surface area contributed by atoms with Crippen LogP contribution < -0.4 is 4.90 Å². The monoisotopic (exact) mass is 290 g/mol. The van der Waals surface area contributed by atoms with E-state index in [1.165, 1.54) is 11.3 Å². The minimum absolute atomic E-state index is 0.190. The molecular formula is C9H9F3N6S. The Hall–Kier alpha value is -1.71. The van der Waals surface area contributed by atoms with E-state index in [1.807, 2.05) is 11.8 Å². The molecule has 0 spiro atoms. The van der Waals surface area contributed by atoms with Gasteiger partial charge in [-0.15, -0.1) is 20.4 Å². The molecule has 0 aliphatic carbocycles. The normalized spacial score (nSPS) is 15.7. The van der Waals surface area contributed by atoms with Gasteiger partial charge in [0.05, 0.1) is 6.54 Å². The summed E-state index contributed by atoms with van der Waals surface area (Å²) in [7, 11) is 0. The SMILES string of the molecule is Cc1nnc(N2CCn3c(nnc3C(F)(F)F)C2)s1. The van der Waals surface area contributed by atoms with Crippen molar-refractivity contribution >= 4 is 16.5 Å². The van der Waals surface area contributed by atoms with Crippen molar-refractivity contribution in [2.75, 3.05) is 11.4 Å². The second kappa shape index (κ2) is 4.15. The number of fused-ring (bicyclic) bond motifs is 1. The lowest BCUT2D eigenvalue weighted by atomic mass is 10.3. The van der Waals surface area contributed by atoms with Gasteiger partial charge in [-0.05, 0) is 6.92 Å². The highest BCUT2D eigenvalue weighted by molar-refractivity contribution is 7.15. The van der Waals surface area contributed by atoms with E-state index in [-0.39, 0.29) is 13.1 Å². The van der Waals surface area contributed by atoms with Crippen LogP contribution in [0.15, 0.2) is 0 Å². The fourth-order valence-corrected chi connectivity index (χ4v) is 2.66. The van der Waals surface area contributed by atoms with Crippen LogP contribution in [0.1, 0.15) is 16.7 Å². The minimum atomic E-state index is -4.47. The van der Waals surface area contributed by atoms with Gasteiger partial charge in [0.2, 0.25) is 11.0 Å². The summed E-state index contributed by atoms with van der Waals surface area (Å²) in [5, 5.41) is 16.2. The predicted molar refractivity (Wildman–Crippen MR) is 60.7 cm³/mol. The lowest BCUT2D eigenvalue weighted by Gasteiger charge is -2.27. The standard InChI is InChI=1S/C9H9F3N6S/c1-5-13-16-8(19-5)17-2-3-18-6(4-17)14-15-7(18)9(10,11)12/h2-4H2,1H3. The van der Waals surface area contributed by atoms with Gasteiger partial charge in [-0.1, -0.05) is 11.3 Å². The summed E-state index contributed by atoms with van der Waals surface area (Å²) >= 11 is 1.41. The molecule has 10 heteroatoms. The summed E-state index contributed by atoms with van der Waals surface area (Å²) in [6, 6.07) is 0. The van der Waals surface area contributed by atoms with Crippen molar-refractivity contribution in [3.8, 4) is 0 Å². The van der Waals surface area contributed by atoms with Crippen LogP contribution in [0.5, 0.6) is 0 Å². The first-order valence-corrected chi connectivity index (χ1v) is 6.31. The average Bonchev–Trinajstić information content (AvgIpc) is 2.92. The van der Waals surface area contributed by atoms with Gasteiger partial charge in [0, 0.05) is 13.1 Å². The van der Waals surface area contributed by atoms with E-state index in [2.05, 4.69) is 20.4 Å². The van der Waals surface area contributed by atoms with Crippen LogP contribution in [-0.4, -0.2) is 31.5 Å². The van der Waals surface area contributed by atoms with E-state index >= 15 is 0 Å². The molecule has 0 N–H and O–H groups in total. The molecule has 0 aromatic carbocycles. The molecule has 2 aromatic rings. The quantitative estimate of drug-likeness (QED) is 0.796. The summed E-state index contributed by atoms with van der Waals surface area (Å²) in [5.41, 5.74) is 0. The summed E-state index contributed by atoms with van der Waals surface area (Å²) in [4.78, 5) is 1.86. The van der Waals surface area contributed by atoms with Gasteiger partial charge < -0.3 is 9.47 Å². The summed E-state index contributed by atoms with van der Waals surface area (Å²) < 4.78 is 39.1. The van der Waals surface area contributed by atoms with Crippen LogP contribution >= 0.6 is 11.3 Å². The fourth-order valence-electron chi connectivity index (χ4n) is 1.94. The smallest absolute Gasteiger partial charge is 0.337 e. The Morgan fingerprint density at radius 3 is 2.53 bits per heavy atom. The van der Waals surface area contributed by atoms with Crippen molar-refractivity contribution in [2.45, 2.75) is 26.2 Å². The third-order valence-corrected chi connectivity index (χ3v) is 3.69. The number of aryl methyl sites for hydroxylation is 1. The van der Waals surface area contributed by atoms with E-state index in [9.17, 15) is 13.2 Å². The number of alkyl halides is 3. The number of hydrogen-bond acceptors (Lipinski definition) is 6. The Morgan fingerprint density at radius 2 is 1.89 bits per heavy atom. The van der Waals surface area contributed by atoms with Crippen molar-refractivity contribution in [3.05, 3.63) is 16.7 Å². The molecule has 1 aliphatic heterocycles. The Labute approximate surface area is 109 Å². The van der Waals surface area contributed by atoms with E-state index in [0.29, 0.717) is 17.5 Å². The summed E-state index contributed by atoms with van der Waals surface area (Å²) in [6.07, 6.45) is -4.47. The Balaban J connectivity index is 1.88. The van der Waals surface area contributed by atoms with Crippen molar-refractivity contribution in [2.24, 2.45) is 0 Å². The third-order valence-electron chi connectivity index (χ3n) is 2.79. The topological polar surface area (TPSA) is 59.7 Å². The van der Waals surface area contributed by atoms with Crippen molar-refractivity contribution in [1.29, 1.82) is 0 Å². The molecule has 3 heterocycles. The molecule has 0 bridgehead atoms. The lowest BCUT2D eigenvalue weighted by molar-refractivity contribution is -0.147. The van der Waals surface area contributed by atoms with E-state index in [4.69, 9.17) is 0 Å². The molecule has 1 aliphatic rings. The largest absolute Gasteiger partial charge is 0.451 e. The van der Waals surface area contributed by atoms with Gasteiger partial charge in [0.25, 0.3) is 0 Å². The van der Waals surface area contributed by atoms with Crippen LogP contribution in [0.2, 0.25) is 0 Å². The second-order valence-electron chi connectivity index (χ2n) is 4.11. The van der Waals surface area contributed by atoms with Gasteiger partial charge in [0.1, 0.15) is 5.01 Å². The number of anilines is 1. The number of halogens is 3. The number of nitrogens with zero attached hydrogens (tertiary/aromatic N) is 6. The first kappa shape index (κ1) is 12.3. The summed E-state index contributed by atoms with van der Waals surface area (Å²) in [6.45, 7) is 2.71. The number of aromatic nitrogens is 5. The maximum absolute atomic E-state index is 12.7. The first-order chi connectivity index (χ1) is 8.95. The maximum Gasteiger partial charge on any atom is 0.451 e. The molecule has 6 nitrogen and oxygen atoms in total. The molecule has 102 valence electrons. The highest BCUT2D eigenvalue weighted by Crippen LogP contribution is 2.30. The lowest BCUT2D eigenvalue weighted by Crippen LogP contribution is -2.35. The van der Waals surface area contributed by atoms with Gasteiger partial charge in [-0.25, -0.2) is 0 Å². The zero-order chi connectivity index (χ0) is 13.6. The molecule has 19 heavy (non-hydrogen) atoms. The highest BCUT2D eigenvalue weighted by Gasteiger charge is 2.39. The Morgan fingerprint density at radius 1 is 1.11 bits per heavy atom. The summed E-state index contributed by atoms with van der Waals surface area (Å²) in [5.74, 6) is -0.637. The fraction of sp³-hybridized carbons (Fsp3) is 0.556. The van der Waals surface area contributed by atoms with Gasteiger partial charge in [0.15, 0.2) is 5.82 Å². The number of hydrogen-bond donors (Lipinski definition) is 0. The van der Waals surface area contributed by atoms with Crippen LogP contribution in [-0.2, 0) is 19.3 Å². The zero-order valence-corrected chi connectivity index (χ0v) is 10.7. The van der Waals surface area contributed by atoms with Crippen LogP contribution in [0.4, 0.5) is 18.3 Å². The van der Waals surface area contributed by atoms with Crippen molar-refractivity contribution in [1.82, 2.24) is 25.0 Å². The maximum atomic E-state index is 12.7. The van der Waals surface area contributed by atoms with Gasteiger partial charge in [-0.2, -0.15) is 13.2 Å². The third kappa shape index (κ3) is 2.15. The first-order valence-electron chi connectivity index (χ1n) is 5.49. The molecular weight excluding hydrogens is 281 g/mol. The van der Waals surface area contributed by atoms with Crippen molar-refractivity contribution < 1.29 is 13.2 Å². The van der Waals surface area contributed by atoms with E-state index in [0.717, 1.165) is 9.57 Å². The minimum Gasteiger partial charge on any atom is -0.337 e. The van der Waals surface area contributed by atoms with Crippen LogP contribution in [0, 0.1) is 6.92 Å². The van der Waals surface area contributed by atoms with E-state index < -0.39 is 12.0 Å². The molecule has 3 rings (SSSR count). The van der Waals surface area contributed by atoms with E-state index in [1.54, 1.807) is 0 Å². The Bertz CT molecular complexity index is 603. The molecule has 0 amide bonds. The molecule has 0 radical (unpaired) electrons. The highest BCUT2D eigenvalue weighted by atomic mass is 32.1. The molecule has 2 aromatic heterocycles.